The molecular weight excluding hydrogens is 200 g/mol. The molecule has 0 amide bonds. The maximum atomic E-state index is 5.96. The molecule has 3 heteroatoms. The summed E-state index contributed by atoms with van der Waals surface area (Å²) in [5.41, 5.74) is 15.1. The second-order valence-corrected chi connectivity index (χ2v) is 3.58. The SMILES string of the molecule is COc1ccc(-c2cccc(N)c2)c(N)c1. The van der Waals surface area contributed by atoms with Gasteiger partial charge in [-0.05, 0) is 29.8 Å². The van der Waals surface area contributed by atoms with Gasteiger partial charge in [0.25, 0.3) is 0 Å². The second-order valence-electron chi connectivity index (χ2n) is 3.58. The maximum absolute atomic E-state index is 5.96. The molecule has 0 aromatic heterocycles. The third kappa shape index (κ3) is 1.93. The molecule has 0 unspecified atom stereocenters. The van der Waals surface area contributed by atoms with E-state index in [2.05, 4.69) is 0 Å². The van der Waals surface area contributed by atoms with E-state index in [-0.39, 0.29) is 0 Å². The lowest BCUT2D eigenvalue weighted by Crippen LogP contribution is -1.93. The first-order chi connectivity index (χ1) is 7.70. The Labute approximate surface area is 94.6 Å². The van der Waals surface area contributed by atoms with Crippen LogP contribution in [-0.2, 0) is 0 Å². The molecule has 0 atom stereocenters. The predicted octanol–water partition coefficient (Wildman–Crippen LogP) is 2.53. The highest BCUT2D eigenvalue weighted by molar-refractivity contribution is 5.78. The lowest BCUT2D eigenvalue weighted by atomic mass is 10.0. The molecule has 0 saturated heterocycles. The van der Waals surface area contributed by atoms with E-state index in [1.165, 1.54) is 0 Å². The third-order valence-corrected chi connectivity index (χ3v) is 2.46. The van der Waals surface area contributed by atoms with Gasteiger partial charge in [-0.1, -0.05) is 12.1 Å². The van der Waals surface area contributed by atoms with Crippen molar-refractivity contribution < 1.29 is 4.74 Å². The normalized spacial score (nSPS) is 10.1. The fraction of sp³-hybridized carbons (Fsp3) is 0.0769. The molecule has 2 rings (SSSR count). The minimum absolute atomic E-state index is 0.685. The molecule has 16 heavy (non-hydrogen) atoms. The number of benzene rings is 2. The van der Waals surface area contributed by atoms with E-state index in [0.717, 1.165) is 22.6 Å². The van der Waals surface area contributed by atoms with E-state index in [1.807, 2.05) is 36.4 Å². The summed E-state index contributed by atoms with van der Waals surface area (Å²) >= 11 is 0. The average molecular weight is 214 g/mol. The van der Waals surface area contributed by atoms with Crippen LogP contribution in [0.3, 0.4) is 0 Å². The van der Waals surface area contributed by atoms with E-state index in [0.29, 0.717) is 5.69 Å². The Balaban J connectivity index is 2.48. The highest BCUT2D eigenvalue weighted by Gasteiger charge is 2.04. The van der Waals surface area contributed by atoms with Crippen LogP contribution in [0.4, 0.5) is 11.4 Å². The summed E-state index contributed by atoms with van der Waals surface area (Å²) in [5.74, 6) is 0.755. The zero-order chi connectivity index (χ0) is 11.5. The number of hydrogen-bond donors (Lipinski definition) is 2. The van der Waals surface area contributed by atoms with E-state index in [4.69, 9.17) is 16.2 Å². The van der Waals surface area contributed by atoms with E-state index >= 15 is 0 Å². The van der Waals surface area contributed by atoms with Gasteiger partial charge in [-0.3, -0.25) is 0 Å². The van der Waals surface area contributed by atoms with Crippen molar-refractivity contribution in [2.45, 2.75) is 0 Å². The van der Waals surface area contributed by atoms with Crippen LogP contribution in [0, 0.1) is 0 Å². The zero-order valence-electron chi connectivity index (χ0n) is 9.10. The van der Waals surface area contributed by atoms with Gasteiger partial charge in [-0.25, -0.2) is 0 Å². The summed E-state index contributed by atoms with van der Waals surface area (Å²) in [5, 5.41) is 0. The topological polar surface area (TPSA) is 61.3 Å². The van der Waals surface area contributed by atoms with Crippen LogP contribution in [0.2, 0.25) is 0 Å². The van der Waals surface area contributed by atoms with Crippen LogP contribution in [0.1, 0.15) is 0 Å². The molecule has 0 fully saturated rings. The number of ether oxygens (including phenoxy) is 1. The Morgan fingerprint density at radius 1 is 1.00 bits per heavy atom. The summed E-state index contributed by atoms with van der Waals surface area (Å²) in [6.45, 7) is 0. The first kappa shape index (κ1) is 10.4. The van der Waals surface area contributed by atoms with Gasteiger partial charge < -0.3 is 16.2 Å². The Kier molecular flexibility index (Phi) is 2.68. The molecule has 82 valence electrons. The van der Waals surface area contributed by atoms with Gasteiger partial charge >= 0.3 is 0 Å². The summed E-state index contributed by atoms with van der Waals surface area (Å²) in [4.78, 5) is 0. The van der Waals surface area contributed by atoms with Crippen LogP contribution in [0.15, 0.2) is 42.5 Å². The molecule has 2 aromatic rings. The zero-order valence-corrected chi connectivity index (χ0v) is 9.10. The fourth-order valence-corrected chi connectivity index (χ4v) is 1.64. The van der Waals surface area contributed by atoms with Gasteiger partial charge in [0.05, 0.1) is 7.11 Å². The molecule has 4 N–H and O–H groups in total. The van der Waals surface area contributed by atoms with E-state index in [1.54, 1.807) is 13.2 Å². The van der Waals surface area contributed by atoms with Crippen molar-refractivity contribution in [3.63, 3.8) is 0 Å². The Morgan fingerprint density at radius 2 is 1.81 bits per heavy atom. The standard InChI is InChI=1S/C13H14N2O/c1-16-11-5-6-12(13(15)8-11)9-3-2-4-10(14)7-9/h2-8H,14-15H2,1H3. The summed E-state index contributed by atoms with van der Waals surface area (Å²) < 4.78 is 5.10. The van der Waals surface area contributed by atoms with Crippen molar-refractivity contribution >= 4 is 11.4 Å². The number of hydrogen-bond acceptors (Lipinski definition) is 3. The van der Waals surface area contributed by atoms with Gasteiger partial charge in [0.15, 0.2) is 0 Å². The quantitative estimate of drug-likeness (QED) is 0.755. The number of nitrogens with two attached hydrogens (primary N) is 2. The van der Waals surface area contributed by atoms with Gasteiger partial charge in [-0.2, -0.15) is 0 Å². The lowest BCUT2D eigenvalue weighted by Gasteiger charge is -2.08. The van der Waals surface area contributed by atoms with Gasteiger partial charge in [-0.15, -0.1) is 0 Å². The molecule has 0 bridgehead atoms. The molecular formula is C13H14N2O. The Hall–Kier alpha value is -2.16. The summed E-state index contributed by atoms with van der Waals surface area (Å²) in [6, 6.07) is 13.3. The largest absolute Gasteiger partial charge is 0.497 e. The van der Waals surface area contributed by atoms with Gasteiger partial charge in [0.1, 0.15) is 5.75 Å². The number of nitrogen functional groups attached to an aromatic ring is 2. The number of methoxy groups -OCH3 is 1. The van der Waals surface area contributed by atoms with Gasteiger partial charge in [0.2, 0.25) is 0 Å². The van der Waals surface area contributed by atoms with Gasteiger partial charge in [0, 0.05) is 23.0 Å². The van der Waals surface area contributed by atoms with Crippen LogP contribution in [0.25, 0.3) is 11.1 Å². The molecule has 0 spiro atoms. The van der Waals surface area contributed by atoms with E-state index in [9.17, 15) is 0 Å². The molecule has 0 aliphatic rings. The van der Waals surface area contributed by atoms with Crippen LogP contribution < -0.4 is 16.2 Å². The Bertz CT molecular complexity index is 509. The number of rotatable bonds is 2. The molecule has 2 aromatic carbocycles. The van der Waals surface area contributed by atoms with Crippen molar-refractivity contribution in [3.05, 3.63) is 42.5 Å². The summed E-state index contributed by atoms with van der Waals surface area (Å²) in [7, 11) is 1.62. The fourth-order valence-electron chi connectivity index (χ4n) is 1.64. The molecule has 0 heterocycles. The molecule has 0 saturated carbocycles. The van der Waals surface area contributed by atoms with Crippen LogP contribution in [0.5, 0.6) is 5.75 Å². The minimum Gasteiger partial charge on any atom is -0.497 e. The number of anilines is 2. The van der Waals surface area contributed by atoms with Crippen molar-refractivity contribution in [1.29, 1.82) is 0 Å². The van der Waals surface area contributed by atoms with Crippen molar-refractivity contribution in [2.75, 3.05) is 18.6 Å². The smallest absolute Gasteiger partial charge is 0.120 e. The monoisotopic (exact) mass is 214 g/mol. The van der Waals surface area contributed by atoms with Crippen molar-refractivity contribution in [3.8, 4) is 16.9 Å². The molecule has 3 nitrogen and oxygen atoms in total. The van der Waals surface area contributed by atoms with Crippen molar-refractivity contribution in [1.82, 2.24) is 0 Å². The van der Waals surface area contributed by atoms with Crippen molar-refractivity contribution in [2.24, 2.45) is 0 Å². The first-order valence-electron chi connectivity index (χ1n) is 5.00. The first-order valence-corrected chi connectivity index (χ1v) is 5.00. The predicted molar refractivity (Wildman–Crippen MR) is 67.3 cm³/mol. The molecule has 0 radical (unpaired) electrons. The third-order valence-electron chi connectivity index (χ3n) is 2.46. The minimum atomic E-state index is 0.685. The second kappa shape index (κ2) is 4.14. The maximum Gasteiger partial charge on any atom is 0.120 e. The Morgan fingerprint density at radius 3 is 2.44 bits per heavy atom. The lowest BCUT2D eigenvalue weighted by molar-refractivity contribution is 0.415. The summed E-state index contributed by atoms with van der Waals surface area (Å²) in [6.07, 6.45) is 0. The average Bonchev–Trinajstić information content (AvgIpc) is 2.28. The molecule has 0 aliphatic carbocycles. The molecule has 0 aliphatic heterocycles. The van der Waals surface area contributed by atoms with Crippen LogP contribution in [-0.4, -0.2) is 7.11 Å². The highest BCUT2D eigenvalue weighted by Crippen LogP contribution is 2.30. The highest BCUT2D eigenvalue weighted by atomic mass is 16.5. The van der Waals surface area contributed by atoms with Crippen LogP contribution >= 0.6 is 0 Å². The van der Waals surface area contributed by atoms with E-state index < -0.39 is 0 Å².